The monoisotopic (exact) mass is 531 g/mol. The number of carbonyl (C=O) groups excluding carboxylic acids is 4. The normalized spacial score (nSPS) is 14.1. The quantitative estimate of drug-likeness (QED) is 0.306. The Morgan fingerprint density at radius 1 is 0.842 bits per heavy atom. The lowest BCUT2D eigenvalue weighted by Gasteiger charge is -2.17. The summed E-state index contributed by atoms with van der Waals surface area (Å²) < 4.78 is 5.20. The van der Waals surface area contributed by atoms with Crippen molar-refractivity contribution in [2.45, 2.75) is 32.9 Å². The van der Waals surface area contributed by atoms with Crippen molar-refractivity contribution in [3.8, 4) is 0 Å². The van der Waals surface area contributed by atoms with Crippen molar-refractivity contribution in [3.63, 3.8) is 0 Å². The highest BCUT2D eigenvalue weighted by atomic mass is 35.5. The summed E-state index contributed by atoms with van der Waals surface area (Å²) in [6.45, 7) is 5.33. The summed E-state index contributed by atoms with van der Waals surface area (Å²) in [4.78, 5) is 52.1. The molecule has 3 aromatic carbocycles. The van der Waals surface area contributed by atoms with Gasteiger partial charge in [0.15, 0.2) is 0 Å². The summed E-state index contributed by atoms with van der Waals surface area (Å²) in [5.74, 6) is -2.30. The highest BCUT2D eigenvalue weighted by molar-refractivity contribution is 6.53. The summed E-state index contributed by atoms with van der Waals surface area (Å²) in [5.41, 5.74) is 1.95. The molecule has 0 saturated carbocycles. The summed E-state index contributed by atoms with van der Waals surface area (Å²) >= 11 is 6.26. The molecule has 0 bridgehead atoms. The van der Waals surface area contributed by atoms with E-state index in [1.165, 1.54) is 18.2 Å². The maximum absolute atomic E-state index is 13.2. The van der Waals surface area contributed by atoms with Crippen LogP contribution >= 0.6 is 11.6 Å². The lowest BCUT2D eigenvalue weighted by atomic mass is 10.1. The van der Waals surface area contributed by atoms with Crippen LogP contribution in [0.15, 0.2) is 89.6 Å². The Bertz CT molecular complexity index is 1430. The van der Waals surface area contributed by atoms with Crippen molar-refractivity contribution in [3.05, 3.63) is 106 Å². The number of imide groups is 1. The van der Waals surface area contributed by atoms with Gasteiger partial charge in [-0.15, -0.1) is 0 Å². The fraction of sp³-hybridized carbons (Fsp3) is 0.172. The number of amides is 3. The molecular formula is C29H26ClN3O5. The van der Waals surface area contributed by atoms with E-state index in [2.05, 4.69) is 10.6 Å². The van der Waals surface area contributed by atoms with Gasteiger partial charge in [-0.25, -0.2) is 9.69 Å². The molecule has 2 N–H and O–H groups in total. The van der Waals surface area contributed by atoms with Crippen molar-refractivity contribution < 1.29 is 23.9 Å². The molecule has 3 amide bonds. The molecular weight excluding hydrogens is 506 g/mol. The minimum absolute atomic E-state index is 0.137. The number of benzene rings is 3. The number of hydrogen-bond donors (Lipinski definition) is 2. The van der Waals surface area contributed by atoms with E-state index in [-0.39, 0.29) is 40.0 Å². The zero-order chi connectivity index (χ0) is 27.4. The first-order valence-corrected chi connectivity index (χ1v) is 12.4. The Kier molecular flexibility index (Phi) is 7.93. The minimum Gasteiger partial charge on any atom is -0.459 e. The molecule has 1 atom stereocenters. The van der Waals surface area contributed by atoms with Crippen LogP contribution in [0.4, 0.5) is 11.4 Å². The molecule has 0 fully saturated rings. The molecule has 1 heterocycles. The molecule has 194 valence electrons. The van der Waals surface area contributed by atoms with Gasteiger partial charge in [-0.05, 0) is 62.7 Å². The second-order valence-corrected chi connectivity index (χ2v) is 9.33. The van der Waals surface area contributed by atoms with Crippen molar-refractivity contribution in [1.82, 2.24) is 5.32 Å². The molecule has 9 heteroatoms. The standard InChI is InChI=1S/C29H26ClN3O5/c1-17(2)38-29(37)21-12-8-14-23(16-21)33-27(35)24(30)25(28(33)36)32-22-13-7-11-20(15-22)26(34)31-18(3)19-9-5-4-6-10-19/h4-18,32H,1-3H3,(H,31,34). The highest BCUT2D eigenvalue weighted by Gasteiger charge is 2.39. The Balaban J connectivity index is 1.51. The Labute approximate surface area is 225 Å². The molecule has 0 radical (unpaired) electrons. The third-order valence-electron chi connectivity index (χ3n) is 5.75. The largest absolute Gasteiger partial charge is 0.459 e. The first-order chi connectivity index (χ1) is 18.2. The molecule has 8 nitrogen and oxygen atoms in total. The van der Waals surface area contributed by atoms with E-state index in [1.54, 1.807) is 44.2 Å². The van der Waals surface area contributed by atoms with E-state index in [9.17, 15) is 19.2 Å². The van der Waals surface area contributed by atoms with Gasteiger partial charge in [-0.1, -0.05) is 54.1 Å². The van der Waals surface area contributed by atoms with Crippen molar-refractivity contribution in [2.24, 2.45) is 0 Å². The Hall–Kier alpha value is -4.43. The van der Waals surface area contributed by atoms with Crippen LogP contribution in [0.25, 0.3) is 0 Å². The topological polar surface area (TPSA) is 105 Å². The van der Waals surface area contributed by atoms with Crippen LogP contribution in [0.1, 0.15) is 53.1 Å². The Morgan fingerprint density at radius 3 is 2.24 bits per heavy atom. The highest BCUT2D eigenvalue weighted by Crippen LogP contribution is 2.31. The van der Waals surface area contributed by atoms with Crippen LogP contribution in [-0.4, -0.2) is 29.8 Å². The third kappa shape index (κ3) is 5.76. The van der Waals surface area contributed by atoms with Crippen LogP contribution in [0.2, 0.25) is 0 Å². The molecule has 38 heavy (non-hydrogen) atoms. The van der Waals surface area contributed by atoms with Crippen LogP contribution in [0.3, 0.4) is 0 Å². The molecule has 1 unspecified atom stereocenters. The van der Waals surface area contributed by atoms with Crippen molar-refractivity contribution in [1.29, 1.82) is 0 Å². The molecule has 3 aromatic rings. The summed E-state index contributed by atoms with van der Waals surface area (Å²) in [7, 11) is 0. The molecule has 4 rings (SSSR count). The maximum Gasteiger partial charge on any atom is 0.338 e. The van der Waals surface area contributed by atoms with Gasteiger partial charge in [-0.2, -0.15) is 0 Å². The van der Waals surface area contributed by atoms with Gasteiger partial charge in [0.1, 0.15) is 10.7 Å². The van der Waals surface area contributed by atoms with Crippen LogP contribution < -0.4 is 15.5 Å². The van der Waals surface area contributed by atoms with E-state index >= 15 is 0 Å². The minimum atomic E-state index is -0.737. The lowest BCUT2D eigenvalue weighted by molar-refractivity contribution is -0.120. The second-order valence-electron chi connectivity index (χ2n) is 8.95. The van der Waals surface area contributed by atoms with Gasteiger partial charge in [0.25, 0.3) is 17.7 Å². The fourth-order valence-electron chi connectivity index (χ4n) is 3.89. The van der Waals surface area contributed by atoms with Gasteiger partial charge < -0.3 is 15.4 Å². The fourth-order valence-corrected chi connectivity index (χ4v) is 4.10. The van der Waals surface area contributed by atoms with E-state index in [0.717, 1.165) is 10.5 Å². The van der Waals surface area contributed by atoms with Crippen molar-refractivity contribution in [2.75, 3.05) is 10.2 Å². The van der Waals surface area contributed by atoms with Gasteiger partial charge in [-0.3, -0.25) is 14.4 Å². The number of esters is 1. The molecule has 0 saturated heterocycles. The zero-order valence-electron chi connectivity index (χ0n) is 21.0. The van der Waals surface area contributed by atoms with Crippen molar-refractivity contribution >= 4 is 46.7 Å². The first kappa shape index (κ1) is 26.6. The number of carbonyl (C=O) groups is 4. The van der Waals surface area contributed by atoms with E-state index in [0.29, 0.717) is 11.3 Å². The zero-order valence-corrected chi connectivity index (χ0v) is 21.8. The van der Waals surface area contributed by atoms with Crippen LogP contribution in [0, 0.1) is 0 Å². The number of nitrogens with zero attached hydrogens (tertiary/aromatic N) is 1. The van der Waals surface area contributed by atoms with Gasteiger partial charge in [0, 0.05) is 11.3 Å². The van der Waals surface area contributed by atoms with Crippen LogP contribution in [0.5, 0.6) is 0 Å². The average Bonchev–Trinajstić information content (AvgIpc) is 3.11. The summed E-state index contributed by atoms with van der Waals surface area (Å²) in [6, 6.07) is 21.8. The predicted octanol–water partition coefficient (Wildman–Crippen LogP) is 5.18. The second kappa shape index (κ2) is 11.3. The molecule has 1 aliphatic heterocycles. The molecule has 0 spiro atoms. The number of halogens is 1. The van der Waals surface area contributed by atoms with Gasteiger partial charge >= 0.3 is 5.97 Å². The first-order valence-electron chi connectivity index (χ1n) is 12.0. The predicted molar refractivity (Wildman–Crippen MR) is 145 cm³/mol. The van der Waals surface area contributed by atoms with E-state index in [1.807, 2.05) is 37.3 Å². The molecule has 1 aliphatic rings. The van der Waals surface area contributed by atoms with E-state index in [4.69, 9.17) is 16.3 Å². The van der Waals surface area contributed by atoms with E-state index < -0.39 is 17.8 Å². The Morgan fingerprint density at radius 2 is 1.53 bits per heavy atom. The SMILES string of the molecule is CC(C)OC(=O)c1cccc(N2C(=O)C(Cl)=C(Nc3cccc(C(=O)NC(C)c4ccccc4)c3)C2=O)c1. The molecule has 0 aromatic heterocycles. The number of nitrogens with one attached hydrogen (secondary N) is 2. The summed E-state index contributed by atoms with van der Waals surface area (Å²) in [6.07, 6.45) is -0.326. The lowest BCUT2D eigenvalue weighted by Crippen LogP contribution is -2.32. The number of rotatable bonds is 8. The average molecular weight is 532 g/mol. The summed E-state index contributed by atoms with van der Waals surface area (Å²) in [5, 5.41) is 5.51. The maximum atomic E-state index is 13.2. The molecule has 0 aliphatic carbocycles. The number of hydrogen-bond acceptors (Lipinski definition) is 6. The van der Waals surface area contributed by atoms with Gasteiger partial charge in [0.2, 0.25) is 0 Å². The van der Waals surface area contributed by atoms with Gasteiger partial charge in [0.05, 0.1) is 23.4 Å². The number of anilines is 2. The smallest absolute Gasteiger partial charge is 0.338 e. The van der Waals surface area contributed by atoms with Crippen LogP contribution in [-0.2, 0) is 14.3 Å². The number of ether oxygens (including phenoxy) is 1. The third-order valence-corrected chi connectivity index (χ3v) is 6.10.